The second kappa shape index (κ2) is 4.49. The first kappa shape index (κ1) is 10.9. The molecule has 0 unspecified atom stereocenters. The Morgan fingerprint density at radius 1 is 1.19 bits per heavy atom. The van der Waals surface area contributed by atoms with E-state index in [-0.39, 0.29) is 6.61 Å². The lowest BCUT2D eigenvalue weighted by molar-refractivity contribution is 0.282. The Bertz CT molecular complexity index is 457. The fourth-order valence-electron chi connectivity index (χ4n) is 1.74. The molecule has 1 N–H and O–H groups in total. The van der Waals surface area contributed by atoms with Crippen molar-refractivity contribution in [2.45, 2.75) is 26.5 Å². The van der Waals surface area contributed by atoms with Gasteiger partial charge in [-0.15, -0.1) is 0 Å². The second-order valence-electron chi connectivity index (χ2n) is 4.11. The van der Waals surface area contributed by atoms with Crippen molar-refractivity contribution in [1.29, 1.82) is 0 Å². The summed E-state index contributed by atoms with van der Waals surface area (Å²) < 4.78 is 1.99. The van der Waals surface area contributed by atoms with E-state index in [2.05, 4.69) is 18.9 Å². The van der Waals surface area contributed by atoms with Gasteiger partial charge in [0.15, 0.2) is 0 Å². The third-order valence-electron chi connectivity index (χ3n) is 2.59. The summed E-state index contributed by atoms with van der Waals surface area (Å²) in [6, 6.07) is 10.3. The van der Waals surface area contributed by atoms with E-state index in [1.54, 1.807) is 0 Å². The predicted octanol–water partition coefficient (Wildman–Crippen LogP) is 2.62. The highest BCUT2D eigenvalue weighted by atomic mass is 16.3. The van der Waals surface area contributed by atoms with Crippen molar-refractivity contribution >= 4 is 0 Å². The smallest absolute Gasteiger partial charge is 0.0685 e. The molecule has 0 aliphatic rings. The number of nitrogens with zero attached hydrogens (tertiary/aromatic N) is 2. The van der Waals surface area contributed by atoms with Crippen LogP contribution in [0.15, 0.2) is 36.5 Å². The van der Waals surface area contributed by atoms with Crippen LogP contribution in [0, 0.1) is 0 Å². The van der Waals surface area contributed by atoms with Crippen molar-refractivity contribution in [3.63, 3.8) is 0 Å². The molecule has 0 atom stereocenters. The molecule has 2 aromatic rings. The zero-order chi connectivity index (χ0) is 11.5. The molecule has 1 aromatic heterocycles. The molecule has 16 heavy (non-hydrogen) atoms. The van der Waals surface area contributed by atoms with Crippen LogP contribution in [0.25, 0.3) is 11.3 Å². The highest BCUT2D eigenvalue weighted by molar-refractivity contribution is 5.59. The first-order valence-electron chi connectivity index (χ1n) is 5.46. The highest BCUT2D eigenvalue weighted by Gasteiger charge is 2.07. The lowest BCUT2D eigenvalue weighted by Gasteiger charge is -2.11. The number of rotatable bonds is 3. The zero-order valence-electron chi connectivity index (χ0n) is 9.59. The maximum absolute atomic E-state index is 8.98. The molecule has 1 aromatic carbocycles. The van der Waals surface area contributed by atoms with Crippen LogP contribution in [0.4, 0.5) is 0 Å². The van der Waals surface area contributed by atoms with Crippen molar-refractivity contribution in [3.05, 3.63) is 42.1 Å². The average Bonchev–Trinajstić information content (AvgIpc) is 2.78. The van der Waals surface area contributed by atoms with E-state index >= 15 is 0 Å². The minimum absolute atomic E-state index is 0.0870. The molecule has 0 spiro atoms. The Labute approximate surface area is 95.3 Å². The molecule has 0 aliphatic heterocycles. The molecule has 3 nitrogen and oxygen atoms in total. The van der Waals surface area contributed by atoms with Crippen LogP contribution in [0.5, 0.6) is 0 Å². The van der Waals surface area contributed by atoms with Crippen LogP contribution in [-0.4, -0.2) is 14.9 Å². The molecule has 0 saturated heterocycles. The van der Waals surface area contributed by atoms with Gasteiger partial charge in [-0.3, -0.25) is 4.68 Å². The van der Waals surface area contributed by atoms with E-state index in [0.717, 1.165) is 16.8 Å². The van der Waals surface area contributed by atoms with E-state index in [9.17, 15) is 0 Å². The Kier molecular flexibility index (Phi) is 3.06. The number of hydrogen-bond acceptors (Lipinski definition) is 2. The van der Waals surface area contributed by atoms with Crippen molar-refractivity contribution in [2.75, 3.05) is 0 Å². The maximum atomic E-state index is 8.98. The molecule has 3 heteroatoms. The van der Waals surface area contributed by atoms with Crippen molar-refractivity contribution < 1.29 is 5.11 Å². The number of aromatic nitrogens is 2. The van der Waals surface area contributed by atoms with Gasteiger partial charge in [0, 0.05) is 12.2 Å². The summed E-state index contributed by atoms with van der Waals surface area (Å²) in [6.07, 6.45) is 1.81. The molecular weight excluding hydrogens is 200 g/mol. The second-order valence-corrected chi connectivity index (χ2v) is 4.11. The fourth-order valence-corrected chi connectivity index (χ4v) is 1.74. The molecule has 0 bridgehead atoms. The minimum Gasteiger partial charge on any atom is -0.392 e. The summed E-state index contributed by atoms with van der Waals surface area (Å²) in [4.78, 5) is 0. The van der Waals surface area contributed by atoms with E-state index in [0.29, 0.717) is 6.04 Å². The monoisotopic (exact) mass is 216 g/mol. The summed E-state index contributed by atoms with van der Waals surface area (Å²) in [5.41, 5.74) is 3.17. The normalized spacial score (nSPS) is 11.0. The Morgan fingerprint density at radius 3 is 2.44 bits per heavy atom. The van der Waals surface area contributed by atoms with Gasteiger partial charge in [0.05, 0.1) is 12.3 Å². The van der Waals surface area contributed by atoms with Gasteiger partial charge in [-0.2, -0.15) is 5.10 Å². The lowest BCUT2D eigenvalue weighted by atomic mass is 10.1. The molecule has 0 amide bonds. The van der Waals surface area contributed by atoms with Crippen LogP contribution >= 0.6 is 0 Å². The summed E-state index contributed by atoms with van der Waals surface area (Å²) >= 11 is 0. The molecule has 0 saturated carbocycles. The van der Waals surface area contributed by atoms with Gasteiger partial charge in [0.25, 0.3) is 0 Å². The predicted molar refractivity (Wildman–Crippen MR) is 64.0 cm³/mol. The molecule has 0 aliphatic carbocycles. The van der Waals surface area contributed by atoms with Crippen LogP contribution in [0.1, 0.15) is 25.5 Å². The van der Waals surface area contributed by atoms with Crippen molar-refractivity contribution in [1.82, 2.24) is 9.78 Å². The van der Waals surface area contributed by atoms with Gasteiger partial charge in [0.1, 0.15) is 0 Å². The SMILES string of the molecule is CC(C)n1nccc1-c1ccc(CO)cc1. The van der Waals surface area contributed by atoms with E-state index in [4.69, 9.17) is 5.11 Å². The molecule has 84 valence electrons. The summed E-state index contributed by atoms with van der Waals surface area (Å²) in [5, 5.41) is 13.3. The lowest BCUT2D eigenvalue weighted by Crippen LogP contribution is -2.04. The fraction of sp³-hybridized carbons (Fsp3) is 0.308. The minimum atomic E-state index is 0.0870. The van der Waals surface area contributed by atoms with Gasteiger partial charge in [-0.25, -0.2) is 0 Å². The van der Waals surface area contributed by atoms with Gasteiger partial charge >= 0.3 is 0 Å². The van der Waals surface area contributed by atoms with Crippen molar-refractivity contribution in [2.24, 2.45) is 0 Å². The number of aliphatic hydroxyl groups excluding tert-OH is 1. The van der Waals surface area contributed by atoms with Gasteiger partial charge < -0.3 is 5.11 Å². The molecular formula is C13H16N2O. The van der Waals surface area contributed by atoms with E-state index in [1.165, 1.54) is 0 Å². The molecule has 0 radical (unpaired) electrons. The van der Waals surface area contributed by atoms with E-state index in [1.807, 2.05) is 41.2 Å². The number of benzene rings is 1. The van der Waals surface area contributed by atoms with Gasteiger partial charge in [-0.1, -0.05) is 24.3 Å². The Balaban J connectivity index is 2.38. The van der Waals surface area contributed by atoms with Crippen LogP contribution in [-0.2, 0) is 6.61 Å². The Hall–Kier alpha value is -1.61. The van der Waals surface area contributed by atoms with Crippen molar-refractivity contribution in [3.8, 4) is 11.3 Å². The molecule has 2 rings (SSSR count). The topological polar surface area (TPSA) is 38.0 Å². The first-order chi connectivity index (χ1) is 7.72. The summed E-state index contributed by atoms with van der Waals surface area (Å²) in [5.74, 6) is 0. The molecule has 1 heterocycles. The first-order valence-corrected chi connectivity index (χ1v) is 5.46. The summed E-state index contributed by atoms with van der Waals surface area (Å²) in [6.45, 7) is 4.31. The third-order valence-corrected chi connectivity index (χ3v) is 2.59. The standard InChI is InChI=1S/C13H16N2O/c1-10(2)15-13(7-8-14-15)12-5-3-11(9-16)4-6-12/h3-8,10,16H,9H2,1-2H3. The number of aliphatic hydroxyl groups is 1. The summed E-state index contributed by atoms with van der Waals surface area (Å²) in [7, 11) is 0. The van der Waals surface area contributed by atoms with Gasteiger partial charge in [-0.05, 0) is 31.0 Å². The average molecular weight is 216 g/mol. The van der Waals surface area contributed by atoms with Gasteiger partial charge in [0.2, 0.25) is 0 Å². The number of hydrogen-bond donors (Lipinski definition) is 1. The zero-order valence-corrected chi connectivity index (χ0v) is 9.59. The Morgan fingerprint density at radius 2 is 1.88 bits per heavy atom. The quantitative estimate of drug-likeness (QED) is 0.856. The third kappa shape index (κ3) is 1.99. The van der Waals surface area contributed by atoms with Crippen LogP contribution in [0.3, 0.4) is 0 Å². The highest BCUT2D eigenvalue weighted by Crippen LogP contribution is 2.22. The van der Waals surface area contributed by atoms with Crippen LogP contribution in [0.2, 0.25) is 0 Å². The molecule has 0 fully saturated rings. The maximum Gasteiger partial charge on any atom is 0.0685 e. The van der Waals surface area contributed by atoms with E-state index < -0.39 is 0 Å². The van der Waals surface area contributed by atoms with Crippen LogP contribution < -0.4 is 0 Å². The largest absolute Gasteiger partial charge is 0.392 e.